The van der Waals surface area contributed by atoms with E-state index >= 15 is 0 Å². The summed E-state index contributed by atoms with van der Waals surface area (Å²) in [4.78, 5) is 4.40. The van der Waals surface area contributed by atoms with E-state index < -0.39 is 0 Å². The molecule has 0 spiro atoms. The third kappa shape index (κ3) is 2.88. The Labute approximate surface area is 134 Å². The van der Waals surface area contributed by atoms with Crippen LogP contribution in [0.1, 0.15) is 24.1 Å². The second-order valence-corrected chi connectivity index (χ2v) is 5.48. The van der Waals surface area contributed by atoms with Gasteiger partial charge in [0.15, 0.2) is 0 Å². The highest BCUT2D eigenvalue weighted by molar-refractivity contribution is 6.34. The number of hydrogen-bond acceptors (Lipinski definition) is 3. The van der Waals surface area contributed by atoms with Gasteiger partial charge in [0.25, 0.3) is 0 Å². The van der Waals surface area contributed by atoms with E-state index in [1.165, 1.54) is 0 Å². The van der Waals surface area contributed by atoms with Crippen LogP contribution in [0.5, 0.6) is 0 Å². The number of nitriles is 1. The first-order valence-electron chi connectivity index (χ1n) is 6.99. The zero-order valence-corrected chi connectivity index (χ0v) is 12.8. The van der Waals surface area contributed by atoms with Crippen LogP contribution in [0.2, 0.25) is 5.15 Å². The number of rotatable bonds is 3. The third-order valence-corrected chi connectivity index (χ3v) is 3.86. The van der Waals surface area contributed by atoms with E-state index in [0.717, 1.165) is 22.2 Å². The molecule has 0 bridgehead atoms. The smallest absolute Gasteiger partial charge is 0.139 e. The fourth-order valence-electron chi connectivity index (χ4n) is 2.41. The van der Waals surface area contributed by atoms with Crippen molar-refractivity contribution in [2.45, 2.75) is 13.0 Å². The van der Waals surface area contributed by atoms with Crippen molar-refractivity contribution < 1.29 is 0 Å². The van der Waals surface area contributed by atoms with Crippen LogP contribution in [-0.4, -0.2) is 4.98 Å². The summed E-state index contributed by atoms with van der Waals surface area (Å²) < 4.78 is 0. The molecule has 4 heteroatoms. The molecule has 0 aliphatic rings. The maximum Gasteiger partial charge on any atom is 0.139 e. The van der Waals surface area contributed by atoms with Crippen molar-refractivity contribution >= 4 is 28.2 Å². The van der Waals surface area contributed by atoms with Gasteiger partial charge in [-0.15, -0.1) is 0 Å². The first kappa shape index (κ1) is 14.4. The van der Waals surface area contributed by atoms with Gasteiger partial charge in [0.1, 0.15) is 11.0 Å². The number of benzene rings is 2. The highest BCUT2D eigenvalue weighted by Crippen LogP contribution is 2.26. The number of hydrogen-bond donors (Lipinski definition) is 1. The minimum absolute atomic E-state index is 0.0260. The molecule has 0 amide bonds. The Kier molecular flexibility index (Phi) is 3.95. The summed E-state index contributed by atoms with van der Waals surface area (Å²) in [5.41, 5.74) is 1.68. The lowest BCUT2D eigenvalue weighted by Crippen LogP contribution is -2.08. The van der Waals surface area contributed by atoms with Gasteiger partial charge in [-0.25, -0.2) is 4.98 Å². The van der Waals surface area contributed by atoms with E-state index in [4.69, 9.17) is 16.9 Å². The summed E-state index contributed by atoms with van der Waals surface area (Å²) in [5, 5.41) is 14.8. The van der Waals surface area contributed by atoms with Crippen LogP contribution >= 0.6 is 11.6 Å². The number of fused-ring (bicyclic) bond motifs is 1. The van der Waals surface area contributed by atoms with Crippen molar-refractivity contribution in [2.75, 3.05) is 5.32 Å². The number of pyridine rings is 1. The van der Waals surface area contributed by atoms with Gasteiger partial charge >= 0.3 is 0 Å². The highest BCUT2D eigenvalue weighted by atomic mass is 35.5. The minimum Gasteiger partial charge on any atom is -0.363 e. The standard InChI is InChI=1S/C18H14ClN3/c1-12(14-7-4-5-13(9-14)11-20)21-17-10-15-6-2-3-8-16(15)18(19)22-17/h2-10,12H,1H3,(H,21,22). The number of nitrogens with one attached hydrogen (secondary N) is 1. The van der Waals surface area contributed by atoms with Crippen LogP contribution in [0.4, 0.5) is 5.82 Å². The molecule has 0 saturated carbocycles. The average molecular weight is 308 g/mol. The Morgan fingerprint density at radius 2 is 1.95 bits per heavy atom. The van der Waals surface area contributed by atoms with Gasteiger partial charge < -0.3 is 5.32 Å². The maximum absolute atomic E-state index is 8.99. The zero-order valence-electron chi connectivity index (χ0n) is 12.0. The van der Waals surface area contributed by atoms with E-state index in [9.17, 15) is 0 Å². The molecule has 108 valence electrons. The minimum atomic E-state index is 0.0260. The fourth-order valence-corrected chi connectivity index (χ4v) is 2.68. The topological polar surface area (TPSA) is 48.7 Å². The molecule has 1 unspecified atom stereocenters. The largest absolute Gasteiger partial charge is 0.363 e. The molecule has 0 radical (unpaired) electrons. The van der Waals surface area contributed by atoms with Crippen LogP contribution in [0.3, 0.4) is 0 Å². The summed E-state index contributed by atoms with van der Waals surface area (Å²) in [6.45, 7) is 2.03. The molecule has 1 heterocycles. The van der Waals surface area contributed by atoms with E-state index in [-0.39, 0.29) is 6.04 Å². The second kappa shape index (κ2) is 6.05. The van der Waals surface area contributed by atoms with Gasteiger partial charge in [-0.1, -0.05) is 48.0 Å². The molecule has 0 aliphatic carbocycles. The molecule has 3 rings (SSSR count). The van der Waals surface area contributed by atoms with Gasteiger partial charge in [-0.05, 0) is 36.1 Å². The molecule has 2 aromatic carbocycles. The Balaban J connectivity index is 1.90. The third-order valence-electron chi connectivity index (χ3n) is 3.57. The lowest BCUT2D eigenvalue weighted by atomic mass is 10.1. The molecule has 0 fully saturated rings. The van der Waals surface area contributed by atoms with E-state index in [0.29, 0.717) is 10.7 Å². The first-order chi connectivity index (χ1) is 10.7. The van der Waals surface area contributed by atoms with Gasteiger partial charge in [0, 0.05) is 11.4 Å². The van der Waals surface area contributed by atoms with Crippen molar-refractivity contribution in [3.05, 3.63) is 70.9 Å². The molecule has 3 aromatic rings. The molecule has 22 heavy (non-hydrogen) atoms. The molecule has 0 saturated heterocycles. The normalized spacial score (nSPS) is 11.9. The number of anilines is 1. The van der Waals surface area contributed by atoms with Gasteiger partial charge in [0.05, 0.1) is 11.6 Å². The molecule has 1 atom stereocenters. The molecular formula is C18H14ClN3. The lowest BCUT2D eigenvalue weighted by Gasteiger charge is -2.16. The number of halogens is 1. The molecule has 1 aromatic heterocycles. The van der Waals surface area contributed by atoms with Crippen LogP contribution in [0.25, 0.3) is 10.8 Å². The molecule has 3 nitrogen and oxygen atoms in total. The van der Waals surface area contributed by atoms with Crippen molar-refractivity contribution in [1.82, 2.24) is 4.98 Å². The van der Waals surface area contributed by atoms with Crippen LogP contribution in [-0.2, 0) is 0 Å². The molecule has 1 N–H and O–H groups in total. The quantitative estimate of drug-likeness (QED) is 0.698. The molecular weight excluding hydrogens is 294 g/mol. The van der Waals surface area contributed by atoms with E-state index in [1.807, 2.05) is 55.5 Å². The summed E-state index contributed by atoms with van der Waals surface area (Å²) in [6, 6.07) is 19.6. The number of aromatic nitrogens is 1. The maximum atomic E-state index is 8.99. The average Bonchev–Trinajstić information content (AvgIpc) is 2.55. The van der Waals surface area contributed by atoms with Crippen LogP contribution in [0, 0.1) is 11.3 Å². The Hall–Kier alpha value is -2.57. The Morgan fingerprint density at radius 1 is 1.14 bits per heavy atom. The lowest BCUT2D eigenvalue weighted by molar-refractivity contribution is 0.875. The monoisotopic (exact) mass is 307 g/mol. The van der Waals surface area contributed by atoms with E-state index in [2.05, 4.69) is 16.4 Å². The summed E-state index contributed by atoms with van der Waals surface area (Å²) >= 11 is 6.25. The van der Waals surface area contributed by atoms with Crippen molar-refractivity contribution in [2.24, 2.45) is 0 Å². The van der Waals surface area contributed by atoms with Crippen molar-refractivity contribution in [3.8, 4) is 6.07 Å². The summed E-state index contributed by atoms with van der Waals surface area (Å²) in [5.74, 6) is 0.721. The SMILES string of the molecule is CC(Nc1cc2ccccc2c(Cl)n1)c1cccc(C#N)c1. The Morgan fingerprint density at radius 3 is 2.77 bits per heavy atom. The second-order valence-electron chi connectivity index (χ2n) is 5.12. The summed E-state index contributed by atoms with van der Waals surface area (Å²) in [7, 11) is 0. The molecule has 0 aliphatic heterocycles. The highest BCUT2D eigenvalue weighted by Gasteiger charge is 2.09. The predicted octanol–water partition coefficient (Wildman–Crippen LogP) is 4.93. The predicted molar refractivity (Wildman–Crippen MR) is 89.9 cm³/mol. The zero-order chi connectivity index (χ0) is 15.5. The van der Waals surface area contributed by atoms with Gasteiger partial charge in [-0.2, -0.15) is 5.26 Å². The summed E-state index contributed by atoms with van der Waals surface area (Å²) in [6.07, 6.45) is 0. The van der Waals surface area contributed by atoms with Gasteiger partial charge in [-0.3, -0.25) is 0 Å². The van der Waals surface area contributed by atoms with E-state index in [1.54, 1.807) is 6.07 Å². The van der Waals surface area contributed by atoms with Crippen molar-refractivity contribution in [1.29, 1.82) is 5.26 Å². The van der Waals surface area contributed by atoms with Crippen LogP contribution in [0.15, 0.2) is 54.6 Å². The number of nitrogens with zero attached hydrogens (tertiary/aromatic N) is 2. The van der Waals surface area contributed by atoms with Crippen LogP contribution < -0.4 is 5.32 Å². The fraction of sp³-hybridized carbons (Fsp3) is 0.111. The van der Waals surface area contributed by atoms with Gasteiger partial charge in [0.2, 0.25) is 0 Å². The first-order valence-corrected chi connectivity index (χ1v) is 7.37. The van der Waals surface area contributed by atoms with Crippen molar-refractivity contribution in [3.63, 3.8) is 0 Å². The Bertz CT molecular complexity index is 868.